The zero-order chi connectivity index (χ0) is 20.3. The highest BCUT2D eigenvalue weighted by Gasteiger charge is 2.36. The van der Waals surface area contributed by atoms with E-state index in [-0.39, 0.29) is 18.6 Å². The number of hydrogen-bond acceptors (Lipinski definition) is 7. The standard InChI is InChI=1S/C15H15N3O3.C2HF3O2/c19-12-8-14-13(20-9-21-14)7-10(12)11-3-1-6-18(11)15-16-4-2-5-17-15;3-2(4,5)1(6)7/h2,4-5,7-8,11,19H,1,3,6,9H2;(H,6,7). The first-order chi connectivity index (χ1) is 13.3. The number of carbonyl (C=O) groups excluding carboxylic acids is 1. The Kier molecular flexibility index (Phi) is 5.43. The Hall–Kier alpha value is -3.24. The molecule has 2 aliphatic heterocycles. The fraction of sp³-hybridized carbons (Fsp3) is 0.353. The number of aromatic nitrogens is 2. The number of aromatic hydroxyl groups is 1. The van der Waals surface area contributed by atoms with Crippen molar-refractivity contribution in [2.45, 2.75) is 25.1 Å². The maximum absolute atomic E-state index is 10.5. The molecule has 2 N–H and O–H groups in total. The van der Waals surface area contributed by atoms with Crippen molar-refractivity contribution in [1.29, 1.82) is 0 Å². The van der Waals surface area contributed by atoms with Crippen molar-refractivity contribution in [1.82, 2.24) is 4.98 Å². The van der Waals surface area contributed by atoms with E-state index in [9.17, 15) is 18.3 Å². The number of carboxylic acid groups (broad SMARTS) is 1. The molecule has 3 heterocycles. The third-order valence-corrected chi connectivity index (χ3v) is 4.23. The minimum absolute atomic E-state index is 0.0886. The Balaban J connectivity index is 0.000000279. The van der Waals surface area contributed by atoms with Crippen molar-refractivity contribution in [2.24, 2.45) is 0 Å². The van der Waals surface area contributed by atoms with E-state index in [4.69, 9.17) is 19.4 Å². The number of phenols is 1. The molecule has 1 aromatic heterocycles. The van der Waals surface area contributed by atoms with Gasteiger partial charge in [0.1, 0.15) is 24.0 Å². The smallest absolute Gasteiger partial charge is 0.430 e. The predicted octanol–water partition coefficient (Wildman–Crippen LogP) is 0.970. The molecule has 2 aliphatic rings. The number of anilines is 1. The predicted molar refractivity (Wildman–Crippen MR) is 85.4 cm³/mol. The lowest BCUT2D eigenvalue weighted by Crippen LogP contribution is -2.37. The van der Waals surface area contributed by atoms with Crippen molar-refractivity contribution in [2.75, 3.05) is 18.2 Å². The van der Waals surface area contributed by atoms with Crippen LogP contribution in [0.2, 0.25) is 0 Å². The Morgan fingerprint density at radius 3 is 2.61 bits per heavy atom. The maximum atomic E-state index is 10.5. The van der Waals surface area contributed by atoms with Gasteiger partial charge in [-0.05, 0) is 18.9 Å². The summed E-state index contributed by atoms with van der Waals surface area (Å²) in [5.74, 6) is -0.651. The lowest BCUT2D eigenvalue weighted by Gasteiger charge is -2.20. The van der Waals surface area contributed by atoms with E-state index in [0.29, 0.717) is 11.5 Å². The summed E-state index contributed by atoms with van der Waals surface area (Å²) in [6, 6.07) is 5.46. The van der Waals surface area contributed by atoms with Gasteiger partial charge in [-0.15, -0.1) is 0 Å². The Morgan fingerprint density at radius 1 is 1.32 bits per heavy atom. The molecule has 2 aromatic rings. The number of halogens is 3. The van der Waals surface area contributed by atoms with Gasteiger partial charge >= 0.3 is 12.1 Å². The number of hydrogen-bond donors (Lipinski definition) is 1. The summed E-state index contributed by atoms with van der Waals surface area (Å²) in [6.07, 6.45) is 0.457. The summed E-state index contributed by atoms with van der Waals surface area (Å²) in [5, 5.41) is 19.1. The molecular formula is C17H16F3N3O5. The Morgan fingerprint density at radius 2 is 2.00 bits per heavy atom. The molecule has 4 rings (SSSR count). The Bertz CT molecular complexity index is 848. The number of aliphatic carboxylic acids is 1. The zero-order valence-corrected chi connectivity index (χ0v) is 14.4. The van der Waals surface area contributed by atoms with Gasteiger partial charge in [0.2, 0.25) is 6.79 Å². The van der Waals surface area contributed by atoms with Crippen LogP contribution in [0.3, 0.4) is 0 Å². The fourth-order valence-corrected chi connectivity index (χ4v) is 3.03. The molecule has 1 saturated heterocycles. The van der Waals surface area contributed by atoms with E-state index in [0.717, 1.165) is 30.9 Å². The molecule has 0 radical (unpaired) electrons. The number of phenolic OH excluding ortho intramolecular Hbond substituents is 1. The van der Waals surface area contributed by atoms with E-state index < -0.39 is 12.1 Å². The molecule has 150 valence electrons. The summed E-state index contributed by atoms with van der Waals surface area (Å²) < 4.78 is 42.3. The van der Waals surface area contributed by atoms with Crippen LogP contribution in [0.1, 0.15) is 24.4 Å². The first kappa shape index (κ1) is 19.5. The number of alkyl halides is 3. The first-order valence-corrected chi connectivity index (χ1v) is 8.27. The monoisotopic (exact) mass is 399 g/mol. The van der Waals surface area contributed by atoms with E-state index in [2.05, 4.69) is 14.9 Å². The SMILES string of the molecule is O=C([O-])C(F)(F)F.Oc1cc2c(cc1C1CCCN1c1nccc[nH+]1)OCO2. The first-order valence-electron chi connectivity index (χ1n) is 8.27. The second-order valence-electron chi connectivity index (χ2n) is 6.01. The Labute approximate surface area is 157 Å². The summed E-state index contributed by atoms with van der Waals surface area (Å²) in [7, 11) is 0. The number of carbonyl (C=O) groups is 1. The highest BCUT2D eigenvalue weighted by Crippen LogP contribution is 2.44. The number of ether oxygens (including phenoxy) is 2. The number of carboxylic acids is 1. The number of aromatic amines is 1. The molecule has 1 atom stereocenters. The molecule has 1 aromatic carbocycles. The van der Waals surface area contributed by atoms with Crippen LogP contribution in [0, 0.1) is 0 Å². The summed E-state index contributed by atoms with van der Waals surface area (Å²) in [6.45, 7) is 1.12. The molecule has 0 aliphatic carbocycles. The van der Waals surface area contributed by atoms with Crippen LogP contribution in [0.15, 0.2) is 30.6 Å². The van der Waals surface area contributed by atoms with Crippen molar-refractivity contribution in [3.8, 4) is 17.2 Å². The van der Waals surface area contributed by atoms with Gasteiger partial charge in [-0.25, -0.2) is 4.98 Å². The minimum Gasteiger partial charge on any atom is -0.542 e. The highest BCUT2D eigenvalue weighted by atomic mass is 19.4. The third-order valence-electron chi connectivity index (χ3n) is 4.23. The average Bonchev–Trinajstić information content (AvgIpc) is 3.30. The number of rotatable bonds is 2. The van der Waals surface area contributed by atoms with Gasteiger partial charge in [-0.2, -0.15) is 13.2 Å². The lowest BCUT2D eigenvalue weighted by atomic mass is 10.0. The van der Waals surface area contributed by atoms with Gasteiger partial charge in [-0.3, -0.25) is 4.90 Å². The lowest BCUT2D eigenvalue weighted by molar-refractivity contribution is -0.368. The van der Waals surface area contributed by atoms with Crippen LogP contribution in [-0.4, -0.2) is 35.6 Å². The van der Waals surface area contributed by atoms with Crippen molar-refractivity contribution >= 4 is 11.9 Å². The van der Waals surface area contributed by atoms with Crippen LogP contribution >= 0.6 is 0 Å². The fourth-order valence-electron chi connectivity index (χ4n) is 3.03. The second kappa shape index (κ2) is 7.79. The van der Waals surface area contributed by atoms with E-state index in [1.54, 1.807) is 12.3 Å². The van der Waals surface area contributed by atoms with Gasteiger partial charge in [0.15, 0.2) is 11.5 Å². The van der Waals surface area contributed by atoms with Gasteiger partial charge in [0, 0.05) is 17.7 Å². The third kappa shape index (κ3) is 4.18. The van der Waals surface area contributed by atoms with Crippen LogP contribution in [0.4, 0.5) is 19.1 Å². The summed E-state index contributed by atoms with van der Waals surface area (Å²) >= 11 is 0. The summed E-state index contributed by atoms with van der Waals surface area (Å²) in [5.41, 5.74) is 0.857. The van der Waals surface area contributed by atoms with Gasteiger partial charge in [-0.1, -0.05) is 4.98 Å². The number of benzene rings is 1. The van der Waals surface area contributed by atoms with Crippen LogP contribution in [0.25, 0.3) is 0 Å². The van der Waals surface area contributed by atoms with Crippen molar-refractivity contribution < 1.29 is 42.6 Å². The van der Waals surface area contributed by atoms with E-state index >= 15 is 0 Å². The molecule has 0 spiro atoms. The normalized spacial score (nSPS) is 17.8. The van der Waals surface area contributed by atoms with Crippen LogP contribution in [0.5, 0.6) is 17.2 Å². The number of nitrogens with zero attached hydrogens (tertiary/aromatic N) is 2. The zero-order valence-electron chi connectivity index (χ0n) is 14.4. The molecule has 0 bridgehead atoms. The average molecular weight is 399 g/mol. The molecular weight excluding hydrogens is 383 g/mol. The molecule has 1 unspecified atom stereocenters. The largest absolute Gasteiger partial charge is 0.542 e. The highest BCUT2D eigenvalue weighted by molar-refractivity contribution is 5.70. The second-order valence-corrected chi connectivity index (χ2v) is 6.01. The number of H-pyrrole nitrogens is 1. The maximum Gasteiger partial charge on any atom is 0.430 e. The van der Waals surface area contributed by atoms with Crippen molar-refractivity contribution in [3.05, 3.63) is 36.2 Å². The van der Waals surface area contributed by atoms with E-state index in [1.807, 2.05) is 18.3 Å². The van der Waals surface area contributed by atoms with Gasteiger partial charge in [0.25, 0.3) is 0 Å². The molecule has 8 nitrogen and oxygen atoms in total. The van der Waals surface area contributed by atoms with Gasteiger partial charge in [0.05, 0.1) is 12.7 Å². The molecule has 11 heteroatoms. The molecule has 1 fully saturated rings. The van der Waals surface area contributed by atoms with Crippen LogP contribution < -0.4 is 24.5 Å². The van der Waals surface area contributed by atoms with Crippen LogP contribution in [-0.2, 0) is 4.79 Å². The van der Waals surface area contributed by atoms with Gasteiger partial charge < -0.3 is 24.5 Å². The number of fused-ring (bicyclic) bond motifs is 1. The summed E-state index contributed by atoms with van der Waals surface area (Å²) in [4.78, 5) is 18.5. The number of nitrogens with one attached hydrogen (secondary N) is 1. The van der Waals surface area contributed by atoms with Crippen molar-refractivity contribution in [3.63, 3.8) is 0 Å². The topological polar surface area (TPSA) is 109 Å². The molecule has 28 heavy (non-hydrogen) atoms. The minimum atomic E-state index is -5.19. The molecule has 0 saturated carbocycles. The van der Waals surface area contributed by atoms with E-state index in [1.165, 1.54) is 0 Å². The molecule has 0 amide bonds. The quantitative estimate of drug-likeness (QED) is 0.801.